The largest absolute Gasteiger partial charge is 0.459 e. The lowest BCUT2D eigenvalue weighted by Crippen LogP contribution is -2.44. The van der Waals surface area contributed by atoms with Crippen LogP contribution in [0.3, 0.4) is 0 Å². The summed E-state index contributed by atoms with van der Waals surface area (Å²) in [7, 11) is 2.20. The highest BCUT2D eigenvalue weighted by Crippen LogP contribution is 2.51. The van der Waals surface area contributed by atoms with Crippen LogP contribution in [0.4, 0.5) is 0 Å². The third kappa shape index (κ3) is 3.91. The quantitative estimate of drug-likeness (QED) is 0.462. The van der Waals surface area contributed by atoms with E-state index in [9.17, 15) is 9.90 Å². The zero-order valence-electron chi connectivity index (χ0n) is 20.7. The van der Waals surface area contributed by atoms with Crippen molar-refractivity contribution in [1.29, 1.82) is 0 Å². The molecular formula is C31H33NO4. The van der Waals surface area contributed by atoms with Crippen molar-refractivity contribution in [3.05, 3.63) is 95.6 Å². The summed E-state index contributed by atoms with van der Waals surface area (Å²) >= 11 is 0. The van der Waals surface area contributed by atoms with Gasteiger partial charge in [0.1, 0.15) is 17.6 Å². The second kappa shape index (κ2) is 9.38. The van der Waals surface area contributed by atoms with Crippen LogP contribution in [0.1, 0.15) is 42.4 Å². The minimum Gasteiger partial charge on any atom is -0.459 e. The molecule has 2 bridgehead atoms. The Bertz CT molecular complexity index is 1200. The van der Waals surface area contributed by atoms with E-state index >= 15 is 0 Å². The third-order valence-electron chi connectivity index (χ3n) is 8.49. The van der Waals surface area contributed by atoms with E-state index in [1.807, 2.05) is 24.3 Å². The first-order chi connectivity index (χ1) is 17.6. The van der Waals surface area contributed by atoms with Crippen molar-refractivity contribution in [2.24, 2.45) is 11.8 Å². The third-order valence-corrected chi connectivity index (χ3v) is 8.49. The number of para-hydroxylation sites is 2. The van der Waals surface area contributed by atoms with Crippen molar-refractivity contribution in [1.82, 2.24) is 4.90 Å². The van der Waals surface area contributed by atoms with Crippen LogP contribution in [0.5, 0.6) is 11.5 Å². The monoisotopic (exact) mass is 483 g/mol. The average molecular weight is 484 g/mol. The molecular weight excluding hydrogens is 450 g/mol. The van der Waals surface area contributed by atoms with Crippen molar-refractivity contribution in [2.75, 3.05) is 13.6 Å². The Morgan fingerprint density at radius 3 is 2.31 bits per heavy atom. The van der Waals surface area contributed by atoms with Crippen molar-refractivity contribution >= 4 is 5.97 Å². The summed E-state index contributed by atoms with van der Waals surface area (Å²) in [5.74, 6) is 1.02. The first-order valence-corrected chi connectivity index (χ1v) is 13.1. The molecule has 3 aromatic carbocycles. The van der Waals surface area contributed by atoms with Gasteiger partial charge in [-0.2, -0.15) is 0 Å². The van der Waals surface area contributed by atoms with Crippen molar-refractivity contribution in [2.45, 2.75) is 49.9 Å². The normalized spacial score (nSPS) is 25.2. The molecule has 0 aromatic heterocycles. The van der Waals surface area contributed by atoms with Gasteiger partial charge >= 0.3 is 5.97 Å². The van der Waals surface area contributed by atoms with E-state index in [0.29, 0.717) is 40.5 Å². The minimum absolute atomic E-state index is 0.162. The predicted octanol–water partition coefficient (Wildman–Crippen LogP) is 5.30. The maximum Gasteiger partial charge on any atom is 0.348 e. The van der Waals surface area contributed by atoms with Gasteiger partial charge in [0.25, 0.3) is 0 Å². The van der Waals surface area contributed by atoms with E-state index < -0.39 is 11.6 Å². The second-order valence-corrected chi connectivity index (χ2v) is 10.5. The molecule has 5 nitrogen and oxygen atoms in total. The van der Waals surface area contributed by atoms with Gasteiger partial charge in [-0.1, -0.05) is 66.7 Å². The number of carbonyl (C=O) groups excluding carboxylic acids is 1. The number of benzene rings is 3. The van der Waals surface area contributed by atoms with Crippen molar-refractivity contribution in [3.63, 3.8) is 0 Å². The van der Waals surface area contributed by atoms with Gasteiger partial charge in [0.05, 0.1) is 0 Å². The number of rotatable bonds is 7. The highest BCUT2D eigenvalue weighted by molar-refractivity contribution is 5.88. The molecule has 6 rings (SSSR count). The lowest BCUT2D eigenvalue weighted by Gasteiger charge is -2.35. The molecule has 1 N–H and O–H groups in total. The van der Waals surface area contributed by atoms with Crippen LogP contribution < -0.4 is 4.74 Å². The Balaban J connectivity index is 1.17. The van der Waals surface area contributed by atoms with Crippen LogP contribution in [-0.4, -0.2) is 41.7 Å². The molecule has 3 unspecified atom stereocenters. The second-order valence-electron chi connectivity index (χ2n) is 10.5. The van der Waals surface area contributed by atoms with E-state index in [0.717, 1.165) is 38.6 Å². The molecule has 36 heavy (non-hydrogen) atoms. The lowest BCUT2D eigenvalue weighted by molar-refractivity contribution is -0.171. The smallest absolute Gasteiger partial charge is 0.348 e. The molecule has 0 spiro atoms. The molecule has 1 aliphatic heterocycles. The molecule has 4 atom stereocenters. The SMILES string of the molecule is CN(CCCc1ccccc1)[C@@H]1CC2CCC1C2OC(=O)C1(O)c2ccccc2Oc2ccccc21. The summed E-state index contributed by atoms with van der Waals surface area (Å²) in [6.07, 6.45) is 5.19. The fourth-order valence-electron chi connectivity index (χ4n) is 6.67. The summed E-state index contributed by atoms with van der Waals surface area (Å²) in [4.78, 5) is 16.2. The van der Waals surface area contributed by atoms with E-state index in [-0.39, 0.29) is 6.10 Å². The van der Waals surface area contributed by atoms with Gasteiger partial charge in [-0.15, -0.1) is 0 Å². The van der Waals surface area contributed by atoms with Crippen LogP contribution in [0.25, 0.3) is 0 Å². The Hall–Kier alpha value is -3.15. The molecule has 3 aromatic rings. The molecule has 186 valence electrons. The molecule has 2 aliphatic carbocycles. The number of aryl methyl sites for hydroxylation is 1. The van der Waals surface area contributed by atoms with E-state index in [1.165, 1.54) is 5.56 Å². The molecule has 3 aliphatic rings. The van der Waals surface area contributed by atoms with E-state index in [4.69, 9.17) is 9.47 Å². The summed E-state index contributed by atoms with van der Waals surface area (Å²) in [6.45, 7) is 1.02. The van der Waals surface area contributed by atoms with E-state index in [1.54, 1.807) is 24.3 Å². The fourth-order valence-corrected chi connectivity index (χ4v) is 6.67. The summed E-state index contributed by atoms with van der Waals surface area (Å²) in [5.41, 5.74) is 0.364. The lowest BCUT2D eigenvalue weighted by atomic mass is 9.83. The van der Waals surface area contributed by atoms with Crippen LogP contribution in [0.15, 0.2) is 78.9 Å². The Morgan fingerprint density at radius 2 is 1.61 bits per heavy atom. The Kier molecular flexibility index (Phi) is 6.06. The topological polar surface area (TPSA) is 59.0 Å². The molecule has 1 heterocycles. The molecule has 0 saturated heterocycles. The fraction of sp³-hybridized carbons (Fsp3) is 0.387. The zero-order chi connectivity index (χ0) is 24.7. The maximum absolute atomic E-state index is 13.8. The first kappa shape index (κ1) is 23.3. The number of carbonyl (C=O) groups is 1. The number of hydrogen-bond acceptors (Lipinski definition) is 5. The van der Waals surface area contributed by atoms with Crippen LogP contribution in [0.2, 0.25) is 0 Å². The van der Waals surface area contributed by atoms with Crippen molar-refractivity contribution < 1.29 is 19.4 Å². The van der Waals surface area contributed by atoms with Crippen molar-refractivity contribution in [3.8, 4) is 11.5 Å². The van der Waals surface area contributed by atoms with Gasteiger partial charge in [0.2, 0.25) is 5.60 Å². The summed E-state index contributed by atoms with van der Waals surface area (Å²) in [5, 5.41) is 11.9. The molecule has 0 radical (unpaired) electrons. The van der Waals surface area contributed by atoms with Crippen LogP contribution in [-0.2, 0) is 21.6 Å². The first-order valence-electron chi connectivity index (χ1n) is 13.1. The average Bonchev–Trinajstić information content (AvgIpc) is 3.46. The van der Waals surface area contributed by atoms with Crippen LogP contribution >= 0.6 is 0 Å². The van der Waals surface area contributed by atoms with Gasteiger partial charge in [0.15, 0.2) is 0 Å². The Labute approximate surface area is 212 Å². The number of esters is 1. The van der Waals surface area contributed by atoms with Crippen LogP contribution in [0, 0.1) is 11.8 Å². The van der Waals surface area contributed by atoms with Gasteiger partial charge in [-0.05, 0) is 69.3 Å². The molecule has 2 saturated carbocycles. The minimum atomic E-state index is -1.88. The highest BCUT2D eigenvalue weighted by atomic mass is 16.6. The van der Waals surface area contributed by atoms with Gasteiger partial charge in [0, 0.05) is 23.1 Å². The standard InChI is InChI=1S/C31H33NO4/c1-32(19-9-12-21-10-3-2-4-11-21)26-20-22-17-18-23(26)29(22)36-30(33)31(34)24-13-5-7-15-27(24)35-28-16-8-6-14-25(28)31/h2-8,10-11,13-16,22-23,26,29,34H,9,12,17-20H2,1H3/t22?,23?,26-,29?/m1/s1. The molecule has 2 fully saturated rings. The predicted molar refractivity (Wildman–Crippen MR) is 138 cm³/mol. The number of nitrogens with zero attached hydrogens (tertiary/aromatic N) is 1. The van der Waals surface area contributed by atoms with Gasteiger partial charge < -0.3 is 19.5 Å². The zero-order valence-corrected chi connectivity index (χ0v) is 20.7. The van der Waals surface area contributed by atoms with E-state index in [2.05, 4.69) is 42.3 Å². The summed E-state index contributed by atoms with van der Waals surface area (Å²) < 4.78 is 12.2. The Morgan fingerprint density at radius 1 is 0.972 bits per heavy atom. The highest BCUT2D eigenvalue weighted by Gasteiger charge is 2.55. The number of fused-ring (bicyclic) bond motifs is 4. The summed E-state index contributed by atoms with van der Waals surface area (Å²) in [6, 6.07) is 25.4. The molecule has 0 amide bonds. The van der Waals surface area contributed by atoms with Gasteiger partial charge in [-0.25, -0.2) is 4.79 Å². The number of aliphatic hydroxyl groups is 1. The maximum atomic E-state index is 13.8. The number of ether oxygens (including phenoxy) is 2. The number of hydrogen-bond donors (Lipinski definition) is 1. The van der Waals surface area contributed by atoms with Gasteiger partial charge in [-0.3, -0.25) is 0 Å². The molecule has 5 heteroatoms.